The van der Waals surface area contributed by atoms with Crippen LogP contribution in [0.25, 0.3) is 22.3 Å². The molecule has 6 heterocycles. The minimum Gasteiger partial charge on any atom is -0.350 e. The lowest BCUT2D eigenvalue weighted by atomic mass is 10.1. The van der Waals surface area contributed by atoms with Crippen molar-refractivity contribution in [2.45, 2.75) is 70.6 Å². The van der Waals surface area contributed by atoms with Gasteiger partial charge in [-0.05, 0) is 102 Å². The first kappa shape index (κ1) is 35.3. The fourth-order valence-corrected chi connectivity index (χ4v) is 7.52. The smallest absolute Gasteiger partial charge is 0.227 e. The quantitative estimate of drug-likeness (QED) is 0.0755. The maximum atomic E-state index is 6.77. The van der Waals surface area contributed by atoms with Gasteiger partial charge in [-0.1, -0.05) is 29.3 Å². The van der Waals surface area contributed by atoms with Crippen LogP contribution in [0.15, 0.2) is 55.1 Å². The number of rotatable bonds is 12. The summed E-state index contributed by atoms with van der Waals surface area (Å²) >= 11 is 13.1. The molecule has 276 valence electrons. The zero-order chi connectivity index (χ0) is 36.5. The first-order valence-corrected chi connectivity index (χ1v) is 19.0. The molecule has 2 aromatic carbocycles. The van der Waals surface area contributed by atoms with Crippen molar-refractivity contribution in [3.05, 3.63) is 70.7 Å². The van der Waals surface area contributed by atoms with Crippen LogP contribution in [-0.4, -0.2) is 77.3 Å². The van der Waals surface area contributed by atoms with Crippen LogP contribution in [0.5, 0.6) is 0 Å². The van der Waals surface area contributed by atoms with Gasteiger partial charge in [0.2, 0.25) is 11.9 Å². The minimum absolute atomic E-state index is 0.0206. The van der Waals surface area contributed by atoms with Crippen molar-refractivity contribution in [2.75, 3.05) is 47.4 Å². The van der Waals surface area contributed by atoms with E-state index in [2.05, 4.69) is 67.9 Å². The van der Waals surface area contributed by atoms with E-state index < -0.39 is 0 Å². The number of aromatic nitrogens is 8. The molecule has 0 spiro atoms. The molecular formula is C37H44Cl2N14. The van der Waals surface area contributed by atoms with Crippen molar-refractivity contribution in [3.8, 4) is 0 Å². The van der Waals surface area contributed by atoms with Gasteiger partial charge in [-0.2, -0.15) is 19.9 Å². The summed E-state index contributed by atoms with van der Waals surface area (Å²) in [6, 6.07) is 14.2. The first-order valence-electron chi connectivity index (χ1n) is 18.3. The lowest BCUT2D eigenvalue weighted by Crippen LogP contribution is -2.38. The van der Waals surface area contributed by atoms with Crippen LogP contribution in [0, 0.1) is 0 Å². The normalized spacial score (nSPS) is 18.2. The van der Waals surface area contributed by atoms with Gasteiger partial charge in [0, 0.05) is 58.7 Å². The SMILES string of the molecule is CC(C)n1cnc2c(Nc3cc(Cl)cc(CC(C)n4cnc5c(Nc6cccc(Cl)c6)nc(N[C@@H]6CCCNC6)nc54)c3)nc(N[C@H]3CCNC3)nc21. The summed E-state index contributed by atoms with van der Waals surface area (Å²) < 4.78 is 4.16. The number of hydrogen-bond acceptors (Lipinski definition) is 12. The molecule has 4 aromatic heterocycles. The molecule has 53 heavy (non-hydrogen) atoms. The monoisotopic (exact) mass is 754 g/mol. The van der Waals surface area contributed by atoms with Gasteiger partial charge in [0.05, 0.1) is 12.7 Å². The van der Waals surface area contributed by atoms with Crippen molar-refractivity contribution >= 4 is 80.4 Å². The van der Waals surface area contributed by atoms with Gasteiger partial charge in [0.1, 0.15) is 0 Å². The average Bonchev–Trinajstić information content (AvgIpc) is 3.89. The Hall–Kier alpha value is -4.76. The second-order valence-electron chi connectivity index (χ2n) is 14.2. The number of fused-ring (bicyclic) bond motifs is 2. The highest BCUT2D eigenvalue weighted by molar-refractivity contribution is 6.31. The highest BCUT2D eigenvalue weighted by Crippen LogP contribution is 2.32. The summed E-state index contributed by atoms with van der Waals surface area (Å²) in [6.07, 6.45) is 7.47. The Balaban J connectivity index is 1.08. The Bertz CT molecular complexity index is 2220. The molecular weight excluding hydrogens is 711 g/mol. The van der Waals surface area contributed by atoms with Crippen LogP contribution in [0.3, 0.4) is 0 Å². The van der Waals surface area contributed by atoms with E-state index in [4.69, 9.17) is 53.1 Å². The van der Waals surface area contributed by atoms with E-state index in [0.29, 0.717) is 51.0 Å². The van der Waals surface area contributed by atoms with E-state index in [9.17, 15) is 0 Å². The molecule has 8 rings (SSSR count). The second kappa shape index (κ2) is 15.3. The molecule has 2 aliphatic rings. The zero-order valence-electron chi connectivity index (χ0n) is 30.0. The van der Waals surface area contributed by atoms with Crippen LogP contribution < -0.4 is 31.9 Å². The van der Waals surface area contributed by atoms with Crippen LogP contribution in [0.2, 0.25) is 10.0 Å². The second-order valence-corrected chi connectivity index (χ2v) is 15.1. The Morgan fingerprint density at radius 3 is 2.04 bits per heavy atom. The van der Waals surface area contributed by atoms with Crippen molar-refractivity contribution in [3.63, 3.8) is 0 Å². The summed E-state index contributed by atoms with van der Waals surface area (Å²) in [6.45, 7) is 10.1. The number of hydrogen-bond donors (Lipinski definition) is 6. The Morgan fingerprint density at radius 1 is 0.736 bits per heavy atom. The number of imidazole rings is 2. The largest absolute Gasteiger partial charge is 0.350 e. The molecule has 16 heteroatoms. The fraction of sp³-hybridized carbons (Fsp3) is 0.405. The molecule has 14 nitrogen and oxygen atoms in total. The third kappa shape index (κ3) is 7.96. The summed E-state index contributed by atoms with van der Waals surface area (Å²) in [7, 11) is 0. The number of anilines is 6. The maximum absolute atomic E-state index is 6.77. The van der Waals surface area contributed by atoms with Crippen LogP contribution in [0.4, 0.5) is 34.9 Å². The Kier molecular flexibility index (Phi) is 10.2. The number of nitrogens with zero attached hydrogens (tertiary/aromatic N) is 8. The molecule has 1 unspecified atom stereocenters. The summed E-state index contributed by atoms with van der Waals surface area (Å²) in [4.78, 5) is 29.1. The number of nitrogens with one attached hydrogen (secondary N) is 6. The van der Waals surface area contributed by atoms with Crippen LogP contribution in [0.1, 0.15) is 57.7 Å². The third-order valence-corrected chi connectivity index (χ3v) is 10.2. The van der Waals surface area contributed by atoms with E-state index in [1.54, 1.807) is 0 Å². The molecule has 2 fully saturated rings. The summed E-state index contributed by atoms with van der Waals surface area (Å²) in [5, 5.41) is 22.1. The number of piperidine rings is 1. The highest BCUT2D eigenvalue weighted by atomic mass is 35.5. The van der Waals surface area contributed by atoms with E-state index in [-0.39, 0.29) is 24.2 Å². The van der Waals surface area contributed by atoms with Crippen molar-refractivity contribution in [2.24, 2.45) is 0 Å². The Morgan fingerprint density at radius 2 is 1.38 bits per heavy atom. The average molecular weight is 756 g/mol. The van der Waals surface area contributed by atoms with E-state index in [1.165, 1.54) is 0 Å². The lowest BCUT2D eigenvalue weighted by molar-refractivity contribution is 0.478. The predicted octanol–water partition coefficient (Wildman–Crippen LogP) is 7.08. The maximum Gasteiger partial charge on any atom is 0.227 e. The molecule has 6 N–H and O–H groups in total. The van der Waals surface area contributed by atoms with Gasteiger partial charge in [-0.25, -0.2) is 9.97 Å². The molecule has 6 aromatic rings. The van der Waals surface area contributed by atoms with Gasteiger partial charge in [0.15, 0.2) is 34.0 Å². The molecule has 0 amide bonds. The Labute approximate surface area is 317 Å². The van der Waals surface area contributed by atoms with Gasteiger partial charge in [-0.15, -0.1) is 0 Å². The molecule has 0 aliphatic carbocycles. The topological polar surface area (TPSA) is 159 Å². The molecule has 2 aliphatic heterocycles. The van der Waals surface area contributed by atoms with Gasteiger partial charge in [0.25, 0.3) is 0 Å². The standard InChI is InChI=1S/C37H44Cl2N14/c1-21(2)52-19-42-30-33(49-37(50-34(30)52)47-28-9-11-41-18-28)45-29-14-23(13-25(39)16-29)12-22(3)53-20-43-31-32(44-26-7-4-6-24(38)15-26)48-36(51-35(31)53)46-27-8-5-10-40-17-27/h4,6-7,13-16,19-22,27-28,40-41H,5,8-12,17-18H2,1-3H3,(H2,44,46,48,51)(H2,45,47,49,50)/t22?,27-,28+/m1/s1. The number of benzene rings is 2. The van der Waals surface area contributed by atoms with Crippen LogP contribution >= 0.6 is 23.2 Å². The summed E-state index contributed by atoms with van der Waals surface area (Å²) in [5.41, 5.74) is 5.54. The highest BCUT2D eigenvalue weighted by Gasteiger charge is 2.22. The van der Waals surface area contributed by atoms with E-state index in [1.807, 2.05) is 49.1 Å². The van der Waals surface area contributed by atoms with Gasteiger partial charge >= 0.3 is 0 Å². The van der Waals surface area contributed by atoms with E-state index >= 15 is 0 Å². The molecule has 3 atom stereocenters. The number of halogens is 2. The van der Waals surface area contributed by atoms with Crippen molar-refractivity contribution in [1.29, 1.82) is 0 Å². The summed E-state index contributed by atoms with van der Waals surface area (Å²) in [5.74, 6) is 2.35. The molecule has 2 saturated heterocycles. The molecule has 0 bridgehead atoms. The van der Waals surface area contributed by atoms with Crippen molar-refractivity contribution < 1.29 is 0 Å². The van der Waals surface area contributed by atoms with Gasteiger partial charge < -0.3 is 41.0 Å². The first-order chi connectivity index (χ1) is 25.8. The van der Waals surface area contributed by atoms with E-state index in [0.717, 1.165) is 73.7 Å². The van der Waals surface area contributed by atoms with Crippen molar-refractivity contribution in [1.82, 2.24) is 49.7 Å². The molecule has 0 radical (unpaired) electrons. The van der Waals surface area contributed by atoms with Gasteiger partial charge in [-0.3, -0.25) is 0 Å². The molecule has 0 saturated carbocycles. The predicted molar refractivity (Wildman–Crippen MR) is 213 cm³/mol. The minimum atomic E-state index is -0.0206. The third-order valence-electron chi connectivity index (χ3n) is 9.74. The lowest BCUT2D eigenvalue weighted by Gasteiger charge is -2.24. The zero-order valence-corrected chi connectivity index (χ0v) is 31.5. The fourth-order valence-electron chi connectivity index (χ4n) is 7.07. The van der Waals surface area contributed by atoms with Crippen LogP contribution in [-0.2, 0) is 6.42 Å².